The number of ether oxygens (including phenoxy) is 1. The van der Waals surface area contributed by atoms with Gasteiger partial charge in [0.25, 0.3) is 0 Å². The van der Waals surface area contributed by atoms with Gasteiger partial charge in [-0.25, -0.2) is 0 Å². The Morgan fingerprint density at radius 1 is 1.19 bits per heavy atom. The number of Topliss-reactive ketones (excluding diaryl/α,β-unsaturated/α-hetero) is 1. The molecule has 3 heteroatoms. The van der Waals surface area contributed by atoms with Crippen molar-refractivity contribution in [2.75, 3.05) is 26.7 Å². The van der Waals surface area contributed by atoms with Crippen molar-refractivity contribution in [3.05, 3.63) is 35.2 Å². The number of hydrogen-bond acceptors (Lipinski definition) is 3. The fourth-order valence-corrected chi connectivity index (χ4v) is 3.07. The predicted octanol–water partition coefficient (Wildman–Crippen LogP) is 3.58. The molecule has 0 saturated carbocycles. The highest BCUT2D eigenvalue weighted by Gasteiger charge is 2.13. The van der Waals surface area contributed by atoms with Gasteiger partial charge in [0.15, 0.2) is 5.78 Å². The van der Waals surface area contributed by atoms with E-state index in [1.807, 2.05) is 26.0 Å². The fourth-order valence-electron chi connectivity index (χ4n) is 3.07. The number of piperidine rings is 1. The van der Waals surface area contributed by atoms with E-state index in [9.17, 15) is 4.79 Å². The second-order valence-corrected chi connectivity index (χ2v) is 5.88. The standard InChI is InChI=1S/C18H26NO2/c1-14-12-16(13-15(2)18(14)21-3)17(20)8-7-11-19-9-5-4-6-10-19/h4,12-13H,5-11H2,1-3H3. The molecule has 0 aliphatic carbocycles. The molecule has 1 radical (unpaired) electrons. The summed E-state index contributed by atoms with van der Waals surface area (Å²) in [4.78, 5) is 14.8. The number of rotatable bonds is 6. The van der Waals surface area contributed by atoms with Gasteiger partial charge in [-0.15, -0.1) is 0 Å². The summed E-state index contributed by atoms with van der Waals surface area (Å²) in [5, 5.41) is 0. The monoisotopic (exact) mass is 288 g/mol. The summed E-state index contributed by atoms with van der Waals surface area (Å²) in [6.07, 6.45) is 6.30. The van der Waals surface area contributed by atoms with Crippen LogP contribution in [0.15, 0.2) is 12.1 Å². The Hall–Kier alpha value is -1.35. The number of carbonyl (C=O) groups is 1. The normalized spacial score (nSPS) is 16.0. The van der Waals surface area contributed by atoms with E-state index in [0.29, 0.717) is 6.42 Å². The Morgan fingerprint density at radius 3 is 2.38 bits per heavy atom. The van der Waals surface area contributed by atoms with Crippen molar-refractivity contribution >= 4 is 5.78 Å². The van der Waals surface area contributed by atoms with Crippen molar-refractivity contribution in [3.63, 3.8) is 0 Å². The summed E-state index contributed by atoms with van der Waals surface area (Å²) in [5.41, 5.74) is 2.89. The molecule has 1 fully saturated rings. The molecule has 1 aromatic rings. The number of ketones is 1. The van der Waals surface area contributed by atoms with Crippen LogP contribution in [0.2, 0.25) is 0 Å². The molecular formula is C18H26NO2. The van der Waals surface area contributed by atoms with Crippen molar-refractivity contribution in [1.29, 1.82) is 0 Å². The topological polar surface area (TPSA) is 29.5 Å². The van der Waals surface area contributed by atoms with E-state index >= 15 is 0 Å². The maximum Gasteiger partial charge on any atom is 0.162 e. The Labute approximate surface area is 128 Å². The van der Waals surface area contributed by atoms with E-state index in [2.05, 4.69) is 11.3 Å². The lowest BCUT2D eigenvalue weighted by Gasteiger charge is -2.25. The molecule has 1 heterocycles. The first kappa shape index (κ1) is 16.0. The molecule has 1 aromatic carbocycles. The highest BCUT2D eigenvalue weighted by atomic mass is 16.5. The number of methoxy groups -OCH3 is 1. The van der Waals surface area contributed by atoms with Gasteiger partial charge in [-0.05, 0) is 82.4 Å². The molecule has 3 nitrogen and oxygen atoms in total. The molecule has 0 atom stereocenters. The Balaban J connectivity index is 1.88. The molecule has 115 valence electrons. The smallest absolute Gasteiger partial charge is 0.162 e. The Kier molecular flexibility index (Phi) is 5.80. The number of likely N-dealkylation sites (tertiary alicyclic amines) is 1. The summed E-state index contributed by atoms with van der Waals surface area (Å²) in [5.74, 6) is 1.13. The zero-order chi connectivity index (χ0) is 15.2. The van der Waals surface area contributed by atoms with E-state index in [0.717, 1.165) is 48.5 Å². The predicted molar refractivity (Wildman–Crippen MR) is 86.0 cm³/mol. The Bertz CT molecular complexity index is 467. The molecule has 0 bridgehead atoms. The van der Waals surface area contributed by atoms with E-state index < -0.39 is 0 Å². The molecule has 0 amide bonds. The van der Waals surface area contributed by atoms with Crippen molar-refractivity contribution in [2.24, 2.45) is 0 Å². The van der Waals surface area contributed by atoms with Crippen LogP contribution >= 0.6 is 0 Å². The van der Waals surface area contributed by atoms with Crippen LogP contribution in [0.3, 0.4) is 0 Å². The van der Waals surface area contributed by atoms with Crippen molar-refractivity contribution < 1.29 is 9.53 Å². The van der Waals surface area contributed by atoms with Crippen molar-refractivity contribution in [2.45, 2.75) is 39.5 Å². The molecule has 0 N–H and O–H groups in total. The van der Waals surface area contributed by atoms with E-state index in [-0.39, 0.29) is 5.78 Å². The molecule has 1 saturated heterocycles. The van der Waals surface area contributed by atoms with Crippen LogP contribution in [0.4, 0.5) is 0 Å². The van der Waals surface area contributed by atoms with Crippen LogP contribution in [-0.2, 0) is 0 Å². The molecule has 21 heavy (non-hydrogen) atoms. The zero-order valence-corrected chi connectivity index (χ0v) is 13.4. The number of carbonyl (C=O) groups excluding carboxylic acids is 1. The average molecular weight is 288 g/mol. The lowest BCUT2D eigenvalue weighted by Crippen LogP contribution is -2.31. The van der Waals surface area contributed by atoms with Crippen LogP contribution in [-0.4, -0.2) is 37.4 Å². The van der Waals surface area contributed by atoms with Crippen LogP contribution in [0, 0.1) is 20.3 Å². The third kappa shape index (κ3) is 4.31. The van der Waals surface area contributed by atoms with Gasteiger partial charge in [0.1, 0.15) is 5.75 Å². The second kappa shape index (κ2) is 7.60. The number of hydrogen-bond donors (Lipinski definition) is 0. The lowest BCUT2D eigenvalue weighted by atomic mass is 10.00. The van der Waals surface area contributed by atoms with Gasteiger partial charge < -0.3 is 9.64 Å². The van der Waals surface area contributed by atoms with E-state index in [1.165, 1.54) is 12.8 Å². The number of benzene rings is 1. The molecule has 0 aromatic heterocycles. The molecule has 1 aliphatic rings. The highest BCUT2D eigenvalue weighted by molar-refractivity contribution is 5.96. The molecule has 0 spiro atoms. The largest absolute Gasteiger partial charge is 0.496 e. The van der Waals surface area contributed by atoms with Gasteiger partial charge in [-0.1, -0.05) is 0 Å². The second-order valence-electron chi connectivity index (χ2n) is 5.88. The third-order valence-corrected chi connectivity index (χ3v) is 4.16. The Morgan fingerprint density at radius 2 is 1.81 bits per heavy atom. The van der Waals surface area contributed by atoms with Crippen LogP contribution in [0.5, 0.6) is 5.75 Å². The minimum Gasteiger partial charge on any atom is -0.496 e. The maximum atomic E-state index is 12.3. The summed E-state index contributed by atoms with van der Waals surface area (Å²) >= 11 is 0. The van der Waals surface area contributed by atoms with Gasteiger partial charge >= 0.3 is 0 Å². The first-order chi connectivity index (χ1) is 10.1. The van der Waals surface area contributed by atoms with Gasteiger partial charge in [-0.2, -0.15) is 0 Å². The van der Waals surface area contributed by atoms with Crippen LogP contribution in [0.25, 0.3) is 0 Å². The van der Waals surface area contributed by atoms with Gasteiger partial charge in [0.2, 0.25) is 0 Å². The van der Waals surface area contributed by atoms with Crippen LogP contribution < -0.4 is 4.74 Å². The van der Waals surface area contributed by atoms with Gasteiger partial charge in [0, 0.05) is 12.0 Å². The first-order valence-electron chi connectivity index (χ1n) is 7.84. The first-order valence-corrected chi connectivity index (χ1v) is 7.84. The minimum atomic E-state index is 0.243. The highest BCUT2D eigenvalue weighted by Crippen LogP contribution is 2.25. The van der Waals surface area contributed by atoms with Crippen LogP contribution in [0.1, 0.15) is 47.2 Å². The SMILES string of the molecule is COc1c(C)cc(C(=O)CCCN2CC[CH]CC2)cc1C. The van der Waals surface area contributed by atoms with E-state index in [1.54, 1.807) is 7.11 Å². The van der Waals surface area contributed by atoms with Gasteiger partial charge in [-0.3, -0.25) is 4.79 Å². The van der Waals surface area contributed by atoms with Crippen molar-refractivity contribution in [3.8, 4) is 5.75 Å². The van der Waals surface area contributed by atoms with E-state index in [4.69, 9.17) is 4.74 Å². The fraction of sp³-hybridized carbons (Fsp3) is 0.556. The quantitative estimate of drug-likeness (QED) is 0.749. The minimum absolute atomic E-state index is 0.243. The lowest BCUT2D eigenvalue weighted by molar-refractivity contribution is 0.0973. The van der Waals surface area contributed by atoms with Crippen molar-refractivity contribution in [1.82, 2.24) is 4.90 Å². The number of aryl methyl sites for hydroxylation is 2. The molecule has 0 unspecified atom stereocenters. The number of nitrogens with zero attached hydrogens (tertiary/aromatic N) is 1. The summed E-state index contributed by atoms with van der Waals surface area (Å²) in [6, 6.07) is 3.90. The molecular weight excluding hydrogens is 262 g/mol. The summed E-state index contributed by atoms with van der Waals surface area (Å²) in [6.45, 7) is 7.32. The van der Waals surface area contributed by atoms with Gasteiger partial charge in [0.05, 0.1) is 7.11 Å². The third-order valence-electron chi connectivity index (χ3n) is 4.16. The molecule has 2 rings (SSSR count). The summed E-state index contributed by atoms with van der Waals surface area (Å²) in [7, 11) is 1.67. The summed E-state index contributed by atoms with van der Waals surface area (Å²) < 4.78 is 5.35. The maximum absolute atomic E-state index is 12.3. The average Bonchev–Trinajstić information content (AvgIpc) is 2.48. The molecule has 1 aliphatic heterocycles. The zero-order valence-electron chi connectivity index (χ0n) is 13.4.